The molecular weight excluding hydrogens is 374 g/mol. The number of benzene rings is 2. The van der Waals surface area contributed by atoms with Crippen LogP contribution in [0.3, 0.4) is 0 Å². The summed E-state index contributed by atoms with van der Waals surface area (Å²) < 4.78 is 5.96. The molecule has 2 aromatic carbocycles. The molecule has 4 nitrogen and oxygen atoms in total. The molecule has 0 aliphatic heterocycles. The van der Waals surface area contributed by atoms with Gasteiger partial charge in [0.15, 0.2) is 5.78 Å². The zero-order chi connectivity index (χ0) is 22.4. The van der Waals surface area contributed by atoms with E-state index in [1.807, 2.05) is 13.0 Å². The normalized spacial score (nSPS) is 11.4. The Morgan fingerprint density at radius 2 is 1.57 bits per heavy atom. The zero-order valence-electron chi connectivity index (χ0n) is 19.2. The fourth-order valence-electron chi connectivity index (χ4n) is 3.19. The van der Waals surface area contributed by atoms with E-state index in [0.717, 1.165) is 16.9 Å². The molecule has 0 unspecified atom stereocenters. The van der Waals surface area contributed by atoms with Gasteiger partial charge in [-0.2, -0.15) is 0 Å². The Morgan fingerprint density at radius 1 is 0.967 bits per heavy atom. The minimum absolute atomic E-state index is 0.0855. The highest BCUT2D eigenvalue weighted by atomic mass is 16.5. The van der Waals surface area contributed by atoms with E-state index in [1.54, 1.807) is 44.4 Å². The van der Waals surface area contributed by atoms with Crippen LogP contribution >= 0.6 is 0 Å². The van der Waals surface area contributed by atoms with E-state index in [1.165, 1.54) is 10.5 Å². The summed E-state index contributed by atoms with van der Waals surface area (Å²) in [6.07, 6.45) is 3.42. The van der Waals surface area contributed by atoms with E-state index in [0.29, 0.717) is 29.6 Å². The number of carbonyl (C=O) groups excluding carboxylic acids is 2. The summed E-state index contributed by atoms with van der Waals surface area (Å²) in [5, 5.41) is 0. The summed E-state index contributed by atoms with van der Waals surface area (Å²) >= 11 is 0. The maximum absolute atomic E-state index is 12.7. The van der Waals surface area contributed by atoms with Crippen molar-refractivity contribution in [3.8, 4) is 5.75 Å². The second-order valence-electron chi connectivity index (χ2n) is 8.25. The summed E-state index contributed by atoms with van der Waals surface area (Å²) in [4.78, 5) is 26.3. The molecule has 0 heterocycles. The van der Waals surface area contributed by atoms with Gasteiger partial charge in [0.25, 0.3) is 5.91 Å². The minimum atomic E-state index is -0.109. The number of carbonyl (C=O) groups is 2. The van der Waals surface area contributed by atoms with E-state index in [2.05, 4.69) is 39.8 Å². The van der Waals surface area contributed by atoms with Crippen molar-refractivity contribution in [1.82, 2.24) is 4.90 Å². The molecule has 0 aliphatic rings. The van der Waals surface area contributed by atoms with Gasteiger partial charge in [-0.1, -0.05) is 45.9 Å². The Kier molecular flexibility index (Phi) is 7.99. The van der Waals surface area contributed by atoms with E-state index in [9.17, 15) is 9.59 Å². The van der Waals surface area contributed by atoms with Crippen LogP contribution in [-0.4, -0.2) is 37.3 Å². The molecule has 160 valence electrons. The van der Waals surface area contributed by atoms with Crippen LogP contribution < -0.4 is 4.74 Å². The van der Waals surface area contributed by atoms with Gasteiger partial charge in [-0.3, -0.25) is 9.59 Å². The second kappa shape index (κ2) is 10.2. The first-order chi connectivity index (χ1) is 14.1. The van der Waals surface area contributed by atoms with Gasteiger partial charge in [0.05, 0.1) is 6.61 Å². The van der Waals surface area contributed by atoms with Crippen LogP contribution in [0.1, 0.15) is 83.9 Å². The molecule has 0 aliphatic carbocycles. The highest BCUT2D eigenvalue weighted by Gasteiger charge is 2.15. The number of amides is 1. The Morgan fingerprint density at radius 3 is 2.07 bits per heavy atom. The van der Waals surface area contributed by atoms with Crippen molar-refractivity contribution in [2.75, 3.05) is 20.7 Å². The van der Waals surface area contributed by atoms with Gasteiger partial charge < -0.3 is 9.64 Å². The molecule has 0 saturated carbocycles. The van der Waals surface area contributed by atoms with Gasteiger partial charge in [-0.15, -0.1) is 0 Å². The van der Waals surface area contributed by atoms with E-state index < -0.39 is 0 Å². The first-order valence-electron chi connectivity index (χ1n) is 10.5. The average Bonchev–Trinajstić information content (AvgIpc) is 2.71. The molecule has 0 saturated heterocycles. The molecule has 2 rings (SSSR count). The third-order valence-corrected chi connectivity index (χ3v) is 4.98. The molecule has 30 heavy (non-hydrogen) atoms. The van der Waals surface area contributed by atoms with Crippen molar-refractivity contribution in [1.29, 1.82) is 0 Å². The monoisotopic (exact) mass is 407 g/mol. The molecule has 2 aromatic rings. The SMILES string of the molecule is CCOc1c(C=CC(=O)c2ccc(C(=O)N(C)C)cc2)cc(C(C)C)cc1C(C)C. The topological polar surface area (TPSA) is 46.6 Å². The highest BCUT2D eigenvalue weighted by molar-refractivity contribution is 6.07. The smallest absolute Gasteiger partial charge is 0.253 e. The fourth-order valence-corrected chi connectivity index (χ4v) is 3.19. The molecule has 0 N–H and O–H groups in total. The lowest BCUT2D eigenvalue weighted by atomic mass is 9.91. The number of ether oxygens (including phenoxy) is 1. The van der Waals surface area contributed by atoms with Crippen LogP contribution in [0.15, 0.2) is 42.5 Å². The standard InChI is InChI=1S/C26H33NO3/c1-8-30-25-21(15-22(17(2)3)16-23(25)18(4)5)13-14-24(28)19-9-11-20(12-10-19)26(29)27(6)7/h9-18H,8H2,1-7H3. The highest BCUT2D eigenvalue weighted by Crippen LogP contribution is 2.35. The lowest BCUT2D eigenvalue weighted by molar-refractivity contribution is 0.0827. The van der Waals surface area contributed by atoms with Gasteiger partial charge in [0, 0.05) is 30.8 Å². The van der Waals surface area contributed by atoms with Crippen molar-refractivity contribution in [2.45, 2.75) is 46.5 Å². The summed E-state index contributed by atoms with van der Waals surface area (Å²) in [6, 6.07) is 11.1. The Labute approximate surface area is 180 Å². The van der Waals surface area contributed by atoms with Crippen LogP contribution in [0.4, 0.5) is 0 Å². The Hall–Kier alpha value is -2.88. The third-order valence-electron chi connectivity index (χ3n) is 4.98. The number of allylic oxidation sites excluding steroid dienone is 1. The summed E-state index contributed by atoms with van der Waals surface area (Å²) in [7, 11) is 3.41. The van der Waals surface area contributed by atoms with Crippen LogP contribution in [-0.2, 0) is 0 Å². The van der Waals surface area contributed by atoms with Crippen LogP contribution in [0.5, 0.6) is 5.75 Å². The van der Waals surface area contributed by atoms with Crippen molar-refractivity contribution >= 4 is 17.8 Å². The Balaban J connectivity index is 2.37. The largest absolute Gasteiger partial charge is 0.493 e. The lowest BCUT2D eigenvalue weighted by Crippen LogP contribution is -2.21. The summed E-state index contributed by atoms with van der Waals surface area (Å²) in [5.41, 5.74) is 4.40. The predicted molar refractivity (Wildman–Crippen MR) is 124 cm³/mol. The first-order valence-corrected chi connectivity index (χ1v) is 10.5. The van der Waals surface area contributed by atoms with Crippen molar-refractivity contribution in [2.24, 2.45) is 0 Å². The number of rotatable bonds is 8. The third kappa shape index (κ3) is 5.59. The summed E-state index contributed by atoms with van der Waals surface area (Å²) in [6.45, 7) is 11.2. The molecule has 0 fully saturated rings. The number of ketones is 1. The predicted octanol–water partition coefficient (Wildman–Crippen LogP) is 5.93. The molecule has 0 spiro atoms. The van der Waals surface area contributed by atoms with E-state index in [-0.39, 0.29) is 11.7 Å². The van der Waals surface area contributed by atoms with Crippen LogP contribution in [0, 0.1) is 0 Å². The first kappa shape index (κ1) is 23.4. The Bertz CT molecular complexity index is 922. The van der Waals surface area contributed by atoms with Crippen LogP contribution in [0.25, 0.3) is 6.08 Å². The minimum Gasteiger partial charge on any atom is -0.493 e. The zero-order valence-corrected chi connectivity index (χ0v) is 19.2. The van der Waals surface area contributed by atoms with Gasteiger partial charge in [-0.05, 0) is 60.2 Å². The van der Waals surface area contributed by atoms with Crippen molar-refractivity contribution in [3.63, 3.8) is 0 Å². The lowest BCUT2D eigenvalue weighted by Gasteiger charge is -2.19. The number of hydrogen-bond acceptors (Lipinski definition) is 3. The molecule has 0 bridgehead atoms. The quantitative estimate of drug-likeness (QED) is 0.402. The van der Waals surface area contributed by atoms with Gasteiger partial charge in [-0.25, -0.2) is 0 Å². The van der Waals surface area contributed by atoms with E-state index in [4.69, 9.17) is 4.74 Å². The molecule has 0 aromatic heterocycles. The molecule has 0 radical (unpaired) electrons. The average molecular weight is 408 g/mol. The van der Waals surface area contributed by atoms with Gasteiger partial charge in [0.1, 0.15) is 5.75 Å². The number of nitrogens with zero attached hydrogens (tertiary/aromatic N) is 1. The van der Waals surface area contributed by atoms with Crippen LogP contribution in [0.2, 0.25) is 0 Å². The van der Waals surface area contributed by atoms with Gasteiger partial charge in [0.2, 0.25) is 0 Å². The fraction of sp³-hybridized carbons (Fsp3) is 0.385. The van der Waals surface area contributed by atoms with Crippen molar-refractivity contribution in [3.05, 3.63) is 70.3 Å². The number of hydrogen-bond donors (Lipinski definition) is 0. The molecule has 0 atom stereocenters. The molecular formula is C26H33NO3. The second-order valence-corrected chi connectivity index (χ2v) is 8.25. The maximum Gasteiger partial charge on any atom is 0.253 e. The maximum atomic E-state index is 12.7. The molecule has 4 heteroatoms. The summed E-state index contributed by atoms with van der Waals surface area (Å²) in [5.74, 6) is 1.34. The van der Waals surface area contributed by atoms with Crippen molar-refractivity contribution < 1.29 is 14.3 Å². The van der Waals surface area contributed by atoms with Gasteiger partial charge >= 0.3 is 0 Å². The molecule has 1 amide bonds. The van der Waals surface area contributed by atoms with E-state index >= 15 is 0 Å².